The first-order chi connectivity index (χ1) is 12.9. The second-order valence-corrected chi connectivity index (χ2v) is 8.59. The molecule has 2 aliphatic carbocycles. The highest BCUT2D eigenvalue weighted by atomic mass is 16.5. The van der Waals surface area contributed by atoms with Gasteiger partial charge in [0.25, 0.3) is 0 Å². The molecule has 0 unspecified atom stereocenters. The average Bonchev–Trinajstić information content (AvgIpc) is 2.64. The van der Waals surface area contributed by atoms with E-state index >= 15 is 0 Å². The number of fused-ring (bicyclic) bond motifs is 2. The second kappa shape index (κ2) is 6.83. The summed E-state index contributed by atoms with van der Waals surface area (Å²) in [6.07, 6.45) is 3.75. The van der Waals surface area contributed by atoms with Gasteiger partial charge in [-0.3, -0.25) is 0 Å². The first-order valence-corrected chi connectivity index (χ1v) is 9.91. The topological polar surface area (TPSA) is 59.7 Å². The molecule has 0 radical (unpaired) electrons. The molecular weight excluding hydrogens is 340 g/mol. The van der Waals surface area contributed by atoms with Crippen molar-refractivity contribution in [3.05, 3.63) is 52.9 Å². The van der Waals surface area contributed by atoms with Gasteiger partial charge in [-0.1, -0.05) is 26.0 Å². The van der Waals surface area contributed by atoms with E-state index in [2.05, 4.69) is 20.4 Å². The Morgan fingerprint density at radius 1 is 1.30 bits per heavy atom. The summed E-state index contributed by atoms with van der Waals surface area (Å²) in [6, 6.07) is 8.80. The predicted molar refractivity (Wildman–Crippen MR) is 106 cm³/mol. The minimum Gasteiger partial charge on any atom is -0.493 e. The molecule has 1 heterocycles. The van der Waals surface area contributed by atoms with E-state index in [1.165, 1.54) is 11.6 Å². The van der Waals surface area contributed by atoms with Gasteiger partial charge >= 0.3 is 5.63 Å². The molecule has 5 atom stereocenters. The van der Waals surface area contributed by atoms with Crippen LogP contribution < -0.4 is 10.4 Å². The van der Waals surface area contributed by atoms with Gasteiger partial charge in [0.05, 0.1) is 12.7 Å². The number of hydrogen-bond acceptors (Lipinski definition) is 4. The lowest BCUT2D eigenvalue weighted by atomic mass is 9.51. The largest absolute Gasteiger partial charge is 0.493 e. The van der Waals surface area contributed by atoms with Crippen molar-refractivity contribution in [2.24, 2.45) is 23.2 Å². The Morgan fingerprint density at radius 2 is 2.07 bits per heavy atom. The lowest BCUT2D eigenvalue weighted by Gasteiger charge is -2.55. The van der Waals surface area contributed by atoms with Crippen LogP contribution in [0.15, 0.2) is 51.7 Å². The van der Waals surface area contributed by atoms with E-state index in [1.54, 1.807) is 12.1 Å². The summed E-state index contributed by atoms with van der Waals surface area (Å²) in [5.74, 6) is 1.79. The molecule has 2 saturated carbocycles. The van der Waals surface area contributed by atoms with E-state index < -0.39 is 0 Å². The van der Waals surface area contributed by atoms with Crippen LogP contribution >= 0.6 is 0 Å². The van der Waals surface area contributed by atoms with E-state index in [4.69, 9.17) is 9.15 Å². The molecule has 0 bridgehead atoms. The molecule has 2 aliphatic rings. The molecule has 144 valence electrons. The van der Waals surface area contributed by atoms with Gasteiger partial charge in [-0.25, -0.2) is 4.79 Å². The zero-order valence-electron chi connectivity index (χ0n) is 16.1. The highest BCUT2D eigenvalue weighted by molar-refractivity contribution is 5.77. The zero-order chi connectivity index (χ0) is 19.2. The quantitative estimate of drug-likeness (QED) is 0.638. The van der Waals surface area contributed by atoms with Crippen LogP contribution in [0.4, 0.5) is 0 Å². The monoisotopic (exact) mass is 368 g/mol. The molecule has 0 aliphatic heterocycles. The van der Waals surface area contributed by atoms with Gasteiger partial charge < -0.3 is 14.3 Å². The Morgan fingerprint density at radius 3 is 2.89 bits per heavy atom. The van der Waals surface area contributed by atoms with Gasteiger partial charge in [0.1, 0.15) is 11.3 Å². The fourth-order valence-corrected chi connectivity index (χ4v) is 5.40. The van der Waals surface area contributed by atoms with Crippen LogP contribution in [0.5, 0.6) is 5.75 Å². The molecule has 4 nitrogen and oxygen atoms in total. The SMILES string of the molecule is C=C1CC[C@@H]2[C@@H](C)[C@H](O)CC[C@@]2(C)[C@@H]1COc1ccc2ccc(=O)oc2c1. The van der Waals surface area contributed by atoms with Gasteiger partial charge in [0.15, 0.2) is 0 Å². The van der Waals surface area contributed by atoms with Crippen LogP contribution in [0.1, 0.15) is 39.5 Å². The van der Waals surface area contributed by atoms with Crippen molar-refractivity contribution in [1.82, 2.24) is 0 Å². The molecule has 0 amide bonds. The molecule has 1 aromatic carbocycles. The van der Waals surface area contributed by atoms with Crippen molar-refractivity contribution in [2.45, 2.75) is 45.6 Å². The smallest absolute Gasteiger partial charge is 0.336 e. The third kappa shape index (κ3) is 3.20. The van der Waals surface area contributed by atoms with Crippen LogP contribution in [0.25, 0.3) is 11.0 Å². The Balaban J connectivity index is 1.56. The summed E-state index contributed by atoms with van der Waals surface area (Å²) in [5.41, 5.74) is 1.55. The van der Waals surface area contributed by atoms with Gasteiger partial charge in [0.2, 0.25) is 0 Å². The van der Waals surface area contributed by atoms with Crippen LogP contribution in [-0.2, 0) is 0 Å². The molecule has 2 fully saturated rings. The molecule has 1 N–H and O–H groups in total. The van der Waals surface area contributed by atoms with Gasteiger partial charge in [-0.05, 0) is 61.1 Å². The third-order valence-corrected chi connectivity index (χ3v) is 7.14. The van der Waals surface area contributed by atoms with Crippen LogP contribution in [0.2, 0.25) is 0 Å². The van der Waals surface area contributed by atoms with E-state index in [9.17, 15) is 9.90 Å². The van der Waals surface area contributed by atoms with Crippen molar-refractivity contribution in [2.75, 3.05) is 6.61 Å². The van der Waals surface area contributed by atoms with E-state index in [1.807, 2.05) is 12.1 Å². The summed E-state index contributed by atoms with van der Waals surface area (Å²) < 4.78 is 11.4. The van der Waals surface area contributed by atoms with Gasteiger partial charge in [-0.15, -0.1) is 0 Å². The average molecular weight is 368 g/mol. The lowest BCUT2D eigenvalue weighted by Crippen LogP contribution is -2.51. The first kappa shape index (κ1) is 18.3. The molecule has 2 aromatic rings. The summed E-state index contributed by atoms with van der Waals surface area (Å²) in [7, 11) is 0. The fraction of sp³-hybridized carbons (Fsp3) is 0.522. The molecule has 27 heavy (non-hydrogen) atoms. The summed E-state index contributed by atoms with van der Waals surface area (Å²) in [6.45, 7) is 9.44. The Labute approximate surface area is 159 Å². The Kier molecular flexibility index (Phi) is 4.63. The molecule has 0 spiro atoms. The standard InChI is InChI=1S/C23H28O4/c1-14-4-8-18-15(2)20(24)10-11-23(18,3)19(14)13-26-17-7-5-16-6-9-22(25)27-21(16)12-17/h5-7,9,12,15,18-20,24H,1,4,8,10-11,13H2,2-3H3/t15-,18-,19-,20-,23-/m1/s1. The van der Waals surface area contributed by atoms with E-state index in [0.29, 0.717) is 29.8 Å². The van der Waals surface area contributed by atoms with Crippen molar-refractivity contribution in [3.63, 3.8) is 0 Å². The number of hydrogen-bond donors (Lipinski definition) is 1. The highest BCUT2D eigenvalue weighted by Gasteiger charge is 2.51. The number of rotatable bonds is 3. The molecule has 1 aromatic heterocycles. The Bertz CT molecular complexity index is 914. The summed E-state index contributed by atoms with van der Waals surface area (Å²) in [5, 5.41) is 11.2. The van der Waals surface area contributed by atoms with Crippen LogP contribution in [0, 0.1) is 23.2 Å². The first-order valence-electron chi connectivity index (χ1n) is 9.91. The van der Waals surface area contributed by atoms with Crippen molar-refractivity contribution in [1.29, 1.82) is 0 Å². The van der Waals surface area contributed by atoms with Crippen molar-refractivity contribution in [3.8, 4) is 5.75 Å². The van der Waals surface area contributed by atoms with Crippen molar-refractivity contribution < 1.29 is 14.3 Å². The number of benzene rings is 1. The molecule has 0 saturated heterocycles. The Hall–Kier alpha value is -2.07. The van der Waals surface area contributed by atoms with Crippen LogP contribution in [0.3, 0.4) is 0 Å². The lowest BCUT2D eigenvalue weighted by molar-refractivity contribution is -0.0779. The second-order valence-electron chi connectivity index (χ2n) is 8.59. The normalized spacial score (nSPS) is 33.7. The number of ether oxygens (including phenoxy) is 1. The maximum atomic E-state index is 11.5. The van der Waals surface area contributed by atoms with E-state index in [0.717, 1.165) is 31.1 Å². The predicted octanol–water partition coefficient (Wildman–Crippen LogP) is 4.55. The fourth-order valence-electron chi connectivity index (χ4n) is 5.40. The van der Waals surface area contributed by atoms with E-state index in [-0.39, 0.29) is 23.1 Å². The maximum Gasteiger partial charge on any atom is 0.336 e. The minimum atomic E-state index is -0.356. The van der Waals surface area contributed by atoms with Gasteiger partial charge in [-0.2, -0.15) is 0 Å². The number of aliphatic hydroxyl groups excluding tert-OH is 1. The van der Waals surface area contributed by atoms with Crippen molar-refractivity contribution >= 4 is 11.0 Å². The molecule has 4 heteroatoms. The maximum absolute atomic E-state index is 11.5. The highest BCUT2D eigenvalue weighted by Crippen LogP contribution is 2.56. The zero-order valence-corrected chi connectivity index (χ0v) is 16.1. The van der Waals surface area contributed by atoms with Gasteiger partial charge in [0, 0.05) is 23.4 Å². The third-order valence-electron chi connectivity index (χ3n) is 7.14. The minimum absolute atomic E-state index is 0.109. The molecule has 4 rings (SSSR count). The molecular formula is C23H28O4. The number of aliphatic hydroxyl groups is 1. The van der Waals surface area contributed by atoms with Crippen LogP contribution in [-0.4, -0.2) is 17.8 Å². The summed E-state index contributed by atoms with van der Waals surface area (Å²) in [4.78, 5) is 11.5. The summed E-state index contributed by atoms with van der Waals surface area (Å²) >= 11 is 0.